The quantitative estimate of drug-likeness (QED) is 0.740. The molecule has 0 aliphatic heterocycles. The molecule has 2 aliphatic carbocycles. The van der Waals surface area contributed by atoms with Crippen molar-refractivity contribution in [1.29, 1.82) is 0 Å². The smallest absolute Gasteiger partial charge is 0.0661 e. The predicted octanol–water partition coefficient (Wildman–Crippen LogP) is 4.53. The van der Waals surface area contributed by atoms with Crippen molar-refractivity contribution in [3.8, 4) is 0 Å². The molecule has 3 atom stereocenters. The maximum atomic E-state index is 6.38. The summed E-state index contributed by atoms with van der Waals surface area (Å²) < 4.78 is 6.38. The molecule has 20 heavy (non-hydrogen) atoms. The molecule has 118 valence electrons. The van der Waals surface area contributed by atoms with E-state index in [0.717, 1.165) is 25.1 Å². The molecule has 1 spiro atoms. The summed E-state index contributed by atoms with van der Waals surface area (Å²) >= 11 is 0. The van der Waals surface area contributed by atoms with Crippen molar-refractivity contribution in [2.24, 2.45) is 11.3 Å². The van der Waals surface area contributed by atoms with Crippen molar-refractivity contribution in [3.63, 3.8) is 0 Å². The Kier molecular flexibility index (Phi) is 6.35. The number of nitrogens with one attached hydrogen (secondary N) is 1. The van der Waals surface area contributed by atoms with E-state index in [-0.39, 0.29) is 0 Å². The number of hydrogen-bond donors (Lipinski definition) is 1. The van der Waals surface area contributed by atoms with E-state index in [1.165, 1.54) is 57.8 Å². The molecule has 0 aromatic heterocycles. The van der Waals surface area contributed by atoms with Gasteiger partial charge in [0.1, 0.15) is 0 Å². The Labute approximate surface area is 126 Å². The van der Waals surface area contributed by atoms with Gasteiger partial charge in [0.2, 0.25) is 0 Å². The summed E-state index contributed by atoms with van der Waals surface area (Å²) in [5, 5.41) is 3.73. The van der Waals surface area contributed by atoms with Crippen LogP contribution in [-0.2, 0) is 4.74 Å². The van der Waals surface area contributed by atoms with Crippen molar-refractivity contribution in [1.82, 2.24) is 5.32 Å². The van der Waals surface area contributed by atoms with Gasteiger partial charge in [-0.3, -0.25) is 0 Å². The van der Waals surface area contributed by atoms with E-state index in [1.54, 1.807) is 0 Å². The summed E-state index contributed by atoms with van der Waals surface area (Å²) in [5.41, 5.74) is 0.471. The zero-order valence-electron chi connectivity index (χ0n) is 13.9. The Hall–Kier alpha value is -0.0800. The van der Waals surface area contributed by atoms with Crippen LogP contribution >= 0.6 is 0 Å². The van der Waals surface area contributed by atoms with Gasteiger partial charge in [0.25, 0.3) is 0 Å². The maximum Gasteiger partial charge on any atom is 0.0661 e. The molecule has 2 aliphatic rings. The highest BCUT2D eigenvalue weighted by atomic mass is 16.5. The highest BCUT2D eigenvalue weighted by molar-refractivity contribution is 5.08. The fourth-order valence-corrected chi connectivity index (χ4v) is 4.43. The largest absolute Gasteiger partial charge is 0.377 e. The van der Waals surface area contributed by atoms with Gasteiger partial charge in [-0.1, -0.05) is 52.9 Å². The summed E-state index contributed by atoms with van der Waals surface area (Å²) in [7, 11) is 0. The molecule has 1 N–H and O–H groups in total. The summed E-state index contributed by atoms with van der Waals surface area (Å²) in [6.45, 7) is 8.92. The Morgan fingerprint density at radius 2 is 1.85 bits per heavy atom. The molecule has 0 amide bonds. The van der Waals surface area contributed by atoms with E-state index >= 15 is 0 Å². The van der Waals surface area contributed by atoms with Crippen LogP contribution in [0.4, 0.5) is 0 Å². The SMILES string of the molecule is CCCC(C)COC1CC(NCC)C12CCCCCC2. The molecule has 2 nitrogen and oxygen atoms in total. The molecule has 0 saturated heterocycles. The minimum absolute atomic E-state index is 0.471. The number of hydrogen-bond acceptors (Lipinski definition) is 2. The first-order valence-corrected chi connectivity index (χ1v) is 9.08. The van der Waals surface area contributed by atoms with Gasteiger partial charge in [0.05, 0.1) is 6.10 Å². The Morgan fingerprint density at radius 3 is 2.45 bits per heavy atom. The van der Waals surface area contributed by atoms with E-state index in [2.05, 4.69) is 26.1 Å². The normalized spacial score (nSPS) is 30.8. The third kappa shape index (κ3) is 3.57. The van der Waals surface area contributed by atoms with Gasteiger partial charge in [0, 0.05) is 18.1 Å². The van der Waals surface area contributed by atoms with E-state index in [4.69, 9.17) is 4.74 Å². The van der Waals surface area contributed by atoms with Crippen LogP contribution < -0.4 is 5.32 Å². The molecular weight excluding hydrogens is 246 g/mol. The number of ether oxygens (including phenoxy) is 1. The molecule has 2 fully saturated rings. The third-order valence-corrected chi connectivity index (χ3v) is 5.63. The minimum atomic E-state index is 0.471. The summed E-state index contributed by atoms with van der Waals surface area (Å²) in [4.78, 5) is 0. The van der Waals surface area contributed by atoms with Crippen molar-refractivity contribution >= 4 is 0 Å². The van der Waals surface area contributed by atoms with Gasteiger partial charge in [0.15, 0.2) is 0 Å². The van der Waals surface area contributed by atoms with Gasteiger partial charge in [-0.05, 0) is 38.1 Å². The van der Waals surface area contributed by atoms with Gasteiger partial charge in [-0.25, -0.2) is 0 Å². The van der Waals surface area contributed by atoms with Gasteiger partial charge in [-0.15, -0.1) is 0 Å². The standard InChI is InChI=1S/C18H35NO/c1-4-10-15(3)14-20-17-13-16(19-5-2)18(17)11-8-6-7-9-12-18/h15-17,19H,4-14H2,1-3H3. The second-order valence-corrected chi connectivity index (χ2v) is 7.21. The molecule has 2 rings (SSSR count). The van der Waals surface area contributed by atoms with Crippen LogP contribution in [0.1, 0.15) is 78.6 Å². The molecule has 0 radical (unpaired) electrons. The average molecular weight is 281 g/mol. The fourth-order valence-electron chi connectivity index (χ4n) is 4.43. The average Bonchev–Trinajstić information content (AvgIpc) is 2.70. The molecule has 2 heteroatoms. The van der Waals surface area contributed by atoms with E-state index in [9.17, 15) is 0 Å². The van der Waals surface area contributed by atoms with Gasteiger partial charge < -0.3 is 10.1 Å². The lowest BCUT2D eigenvalue weighted by atomic mass is 9.57. The molecule has 3 unspecified atom stereocenters. The van der Waals surface area contributed by atoms with Gasteiger partial charge >= 0.3 is 0 Å². The van der Waals surface area contributed by atoms with E-state index in [0.29, 0.717) is 11.5 Å². The molecule has 2 saturated carbocycles. The zero-order valence-corrected chi connectivity index (χ0v) is 13.9. The summed E-state index contributed by atoms with van der Waals surface area (Å²) in [6, 6.07) is 0.720. The van der Waals surface area contributed by atoms with Crippen molar-refractivity contribution in [2.45, 2.75) is 90.7 Å². The zero-order chi connectivity index (χ0) is 14.4. The molecule has 0 bridgehead atoms. The Balaban J connectivity index is 1.91. The van der Waals surface area contributed by atoms with Crippen molar-refractivity contribution in [2.75, 3.05) is 13.2 Å². The van der Waals surface area contributed by atoms with Crippen LogP contribution in [0.25, 0.3) is 0 Å². The molecule has 0 heterocycles. The van der Waals surface area contributed by atoms with E-state index in [1.807, 2.05) is 0 Å². The predicted molar refractivity (Wildman–Crippen MR) is 86.0 cm³/mol. The maximum absolute atomic E-state index is 6.38. The second-order valence-electron chi connectivity index (χ2n) is 7.21. The van der Waals surface area contributed by atoms with Crippen molar-refractivity contribution in [3.05, 3.63) is 0 Å². The second kappa shape index (κ2) is 7.79. The van der Waals surface area contributed by atoms with Crippen LogP contribution in [-0.4, -0.2) is 25.3 Å². The van der Waals surface area contributed by atoms with Crippen molar-refractivity contribution < 1.29 is 4.74 Å². The first-order valence-electron chi connectivity index (χ1n) is 9.08. The van der Waals surface area contributed by atoms with Gasteiger partial charge in [-0.2, -0.15) is 0 Å². The lowest BCUT2D eigenvalue weighted by Crippen LogP contribution is -2.63. The lowest BCUT2D eigenvalue weighted by Gasteiger charge is -2.56. The molecule has 0 aromatic rings. The van der Waals surface area contributed by atoms with E-state index < -0.39 is 0 Å². The van der Waals surface area contributed by atoms with Crippen LogP contribution in [0.2, 0.25) is 0 Å². The van der Waals surface area contributed by atoms with Crippen LogP contribution in [0.15, 0.2) is 0 Å². The molecular formula is C18H35NO. The topological polar surface area (TPSA) is 21.3 Å². The first-order chi connectivity index (χ1) is 9.73. The highest BCUT2D eigenvalue weighted by Gasteiger charge is 2.54. The first kappa shape index (κ1) is 16.3. The summed E-state index contributed by atoms with van der Waals surface area (Å²) in [6.07, 6.45) is 12.8. The Morgan fingerprint density at radius 1 is 1.15 bits per heavy atom. The number of rotatable bonds is 7. The minimum Gasteiger partial charge on any atom is -0.377 e. The summed E-state index contributed by atoms with van der Waals surface area (Å²) in [5.74, 6) is 0.723. The van der Waals surface area contributed by atoms with Crippen LogP contribution in [0, 0.1) is 11.3 Å². The Bertz CT molecular complexity index is 271. The lowest BCUT2D eigenvalue weighted by molar-refractivity contribution is -0.149. The fraction of sp³-hybridized carbons (Fsp3) is 1.00. The monoisotopic (exact) mass is 281 g/mol. The van der Waals surface area contributed by atoms with Crippen LogP contribution in [0.3, 0.4) is 0 Å². The molecule has 0 aromatic carbocycles. The highest BCUT2D eigenvalue weighted by Crippen LogP contribution is 2.52. The van der Waals surface area contributed by atoms with Crippen LogP contribution in [0.5, 0.6) is 0 Å². The third-order valence-electron chi connectivity index (χ3n) is 5.63.